The Morgan fingerprint density at radius 3 is 2.50 bits per heavy atom. The van der Waals surface area contributed by atoms with Crippen LogP contribution in [0.15, 0.2) is 41.3 Å². The van der Waals surface area contributed by atoms with Crippen molar-refractivity contribution in [1.29, 1.82) is 0 Å². The van der Waals surface area contributed by atoms with Crippen LogP contribution in [0.25, 0.3) is 0 Å². The summed E-state index contributed by atoms with van der Waals surface area (Å²) in [6.45, 7) is 2.08. The first-order chi connectivity index (χ1) is 12.2. The fourth-order valence-corrected chi connectivity index (χ4v) is 3.40. The molecule has 0 aliphatic heterocycles. The molecule has 8 heteroatoms. The van der Waals surface area contributed by atoms with Crippen molar-refractivity contribution in [3.8, 4) is 5.75 Å². The minimum Gasteiger partial charge on any atom is -0.492 e. The molecule has 0 aliphatic carbocycles. The van der Waals surface area contributed by atoms with Gasteiger partial charge < -0.3 is 10.1 Å². The summed E-state index contributed by atoms with van der Waals surface area (Å²) in [4.78, 5) is 12.3. The summed E-state index contributed by atoms with van der Waals surface area (Å²) < 4.78 is 28.6. The molecule has 2 rings (SSSR count). The first-order valence-corrected chi connectivity index (χ1v) is 10.5. The van der Waals surface area contributed by atoms with Crippen molar-refractivity contribution in [2.75, 3.05) is 18.2 Å². The minimum absolute atomic E-state index is 0.175. The molecular weight excluding hydrogens is 397 g/mol. The largest absolute Gasteiger partial charge is 0.492 e. The number of benzene rings is 2. The quantitative estimate of drug-likeness (QED) is 0.675. The highest BCUT2D eigenvalue weighted by molar-refractivity contribution is 7.90. The Morgan fingerprint density at radius 1 is 1.15 bits per heavy atom. The Balaban J connectivity index is 1.84. The molecule has 0 spiro atoms. The second kappa shape index (κ2) is 8.75. The van der Waals surface area contributed by atoms with Gasteiger partial charge in [0.05, 0.1) is 16.5 Å². The molecule has 0 saturated carbocycles. The second-order valence-corrected chi connectivity index (χ2v) is 8.68. The smallest absolute Gasteiger partial charge is 0.224 e. The van der Waals surface area contributed by atoms with Crippen LogP contribution in [0.5, 0.6) is 5.75 Å². The summed E-state index contributed by atoms with van der Waals surface area (Å²) in [6.07, 6.45) is 1.91. The van der Waals surface area contributed by atoms with E-state index in [0.29, 0.717) is 40.1 Å². The summed E-state index contributed by atoms with van der Waals surface area (Å²) in [7, 11) is -3.27. The predicted molar refractivity (Wildman–Crippen MR) is 104 cm³/mol. The number of ether oxygens (including phenoxy) is 1. The number of amides is 1. The zero-order chi connectivity index (χ0) is 19.3. The summed E-state index contributed by atoms with van der Waals surface area (Å²) in [5, 5.41) is 3.72. The number of halogens is 2. The van der Waals surface area contributed by atoms with E-state index < -0.39 is 9.84 Å². The molecule has 0 radical (unpaired) electrons. The van der Waals surface area contributed by atoms with Crippen LogP contribution >= 0.6 is 23.2 Å². The van der Waals surface area contributed by atoms with Gasteiger partial charge in [-0.25, -0.2) is 8.42 Å². The average Bonchev–Trinajstić information content (AvgIpc) is 2.54. The number of hydrogen-bond acceptors (Lipinski definition) is 4. The predicted octanol–water partition coefficient (Wildman–Crippen LogP) is 4.50. The van der Waals surface area contributed by atoms with E-state index in [4.69, 9.17) is 27.9 Å². The molecule has 5 nitrogen and oxygen atoms in total. The van der Waals surface area contributed by atoms with E-state index in [1.54, 1.807) is 31.2 Å². The molecule has 1 N–H and O–H groups in total. The van der Waals surface area contributed by atoms with Gasteiger partial charge in [-0.3, -0.25) is 4.79 Å². The maximum atomic E-state index is 12.0. The molecule has 2 aromatic carbocycles. The van der Waals surface area contributed by atoms with Crippen molar-refractivity contribution in [1.82, 2.24) is 0 Å². The van der Waals surface area contributed by atoms with Crippen molar-refractivity contribution in [2.45, 2.75) is 24.7 Å². The molecule has 0 unspecified atom stereocenters. The van der Waals surface area contributed by atoms with E-state index in [1.807, 2.05) is 0 Å². The van der Waals surface area contributed by atoms with Crippen LogP contribution in [0, 0.1) is 6.92 Å². The summed E-state index contributed by atoms with van der Waals surface area (Å²) in [5.74, 6) is 0.342. The second-order valence-electron chi connectivity index (χ2n) is 5.82. The number of rotatable bonds is 7. The van der Waals surface area contributed by atoms with Crippen LogP contribution in [0.4, 0.5) is 5.69 Å². The molecule has 0 atom stereocenters. The summed E-state index contributed by atoms with van der Waals surface area (Å²) in [6, 6.07) is 9.55. The Morgan fingerprint density at radius 2 is 1.88 bits per heavy atom. The average molecular weight is 416 g/mol. The molecule has 0 aliphatic rings. The Kier molecular flexibility index (Phi) is 6.92. The van der Waals surface area contributed by atoms with Gasteiger partial charge in [0.15, 0.2) is 9.84 Å². The lowest BCUT2D eigenvalue weighted by Crippen LogP contribution is -2.14. The molecule has 26 heavy (non-hydrogen) atoms. The number of carbonyl (C=O) groups excluding carboxylic acids is 1. The number of hydrogen-bond donors (Lipinski definition) is 1. The fraction of sp³-hybridized carbons (Fsp3) is 0.278. The topological polar surface area (TPSA) is 72.5 Å². The molecule has 0 fully saturated rings. The lowest BCUT2D eigenvalue weighted by molar-refractivity contribution is -0.116. The minimum atomic E-state index is -3.27. The van der Waals surface area contributed by atoms with Crippen molar-refractivity contribution >= 4 is 44.6 Å². The van der Waals surface area contributed by atoms with Crippen LogP contribution in [-0.2, 0) is 14.6 Å². The van der Waals surface area contributed by atoms with Gasteiger partial charge in [0, 0.05) is 23.4 Å². The van der Waals surface area contributed by atoms with Gasteiger partial charge in [0.1, 0.15) is 5.75 Å². The maximum Gasteiger partial charge on any atom is 0.224 e. The third-order valence-corrected chi connectivity index (χ3v) is 5.24. The molecule has 140 valence electrons. The summed E-state index contributed by atoms with van der Waals surface area (Å²) in [5.41, 5.74) is 1.27. The number of anilines is 1. The van der Waals surface area contributed by atoms with Gasteiger partial charge in [-0.2, -0.15) is 0 Å². The molecule has 0 bridgehead atoms. The maximum absolute atomic E-state index is 12.0. The monoisotopic (exact) mass is 415 g/mol. The van der Waals surface area contributed by atoms with Crippen LogP contribution in [0.3, 0.4) is 0 Å². The van der Waals surface area contributed by atoms with Crippen LogP contribution in [0.1, 0.15) is 18.4 Å². The van der Waals surface area contributed by atoms with E-state index in [9.17, 15) is 13.2 Å². The van der Waals surface area contributed by atoms with Crippen molar-refractivity contribution in [3.63, 3.8) is 0 Å². The number of carbonyl (C=O) groups is 1. The lowest BCUT2D eigenvalue weighted by Gasteiger charge is -2.11. The highest BCUT2D eigenvalue weighted by atomic mass is 35.5. The zero-order valence-electron chi connectivity index (χ0n) is 14.4. The normalized spacial score (nSPS) is 11.2. The van der Waals surface area contributed by atoms with Crippen molar-refractivity contribution in [2.24, 2.45) is 0 Å². The number of nitrogens with one attached hydrogen (secondary N) is 1. The van der Waals surface area contributed by atoms with Crippen LogP contribution in [0.2, 0.25) is 10.0 Å². The van der Waals surface area contributed by atoms with E-state index in [2.05, 4.69) is 5.32 Å². The first-order valence-electron chi connectivity index (χ1n) is 7.85. The van der Waals surface area contributed by atoms with E-state index in [-0.39, 0.29) is 17.2 Å². The molecule has 0 heterocycles. The number of sulfone groups is 1. The molecule has 0 aromatic heterocycles. The molecule has 1 amide bonds. The van der Waals surface area contributed by atoms with Crippen LogP contribution in [-0.4, -0.2) is 27.2 Å². The first kappa shape index (κ1) is 20.6. The molecule has 0 saturated heterocycles. The third-order valence-electron chi connectivity index (χ3n) is 3.60. The van der Waals surface area contributed by atoms with Gasteiger partial charge >= 0.3 is 0 Å². The highest BCUT2D eigenvalue weighted by Crippen LogP contribution is 2.27. The SMILES string of the molecule is Cc1cc(S(C)(=O)=O)ccc1NC(=O)CCCOc1ccc(Cl)cc1Cl. The van der Waals surface area contributed by atoms with Gasteiger partial charge in [0.2, 0.25) is 5.91 Å². The van der Waals surface area contributed by atoms with Gasteiger partial charge in [-0.15, -0.1) is 0 Å². The molecular formula is C18H19Cl2NO4S. The Hall–Kier alpha value is -1.76. The Labute approximate surface area is 163 Å². The zero-order valence-corrected chi connectivity index (χ0v) is 16.7. The Bertz CT molecular complexity index is 913. The standard InChI is InChI=1S/C18H19Cl2NO4S/c1-12-10-14(26(2,23)24)6-7-16(12)21-18(22)4-3-9-25-17-8-5-13(19)11-15(17)20/h5-8,10-11H,3-4,9H2,1-2H3,(H,21,22). The van der Waals surface area contributed by atoms with Crippen molar-refractivity contribution < 1.29 is 17.9 Å². The van der Waals surface area contributed by atoms with E-state index in [0.717, 1.165) is 6.26 Å². The van der Waals surface area contributed by atoms with E-state index in [1.165, 1.54) is 12.1 Å². The van der Waals surface area contributed by atoms with Crippen molar-refractivity contribution in [3.05, 3.63) is 52.0 Å². The summed E-state index contributed by atoms with van der Waals surface area (Å²) >= 11 is 11.8. The number of aryl methyl sites for hydroxylation is 1. The molecule has 2 aromatic rings. The van der Waals surface area contributed by atoms with E-state index >= 15 is 0 Å². The highest BCUT2D eigenvalue weighted by Gasteiger charge is 2.11. The fourth-order valence-electron chi connectivity index (χ4n) is 2.23. The van der Waals surface area contributed by atoms with Gasteiger partial charge in [0.25, 0.3) is 0 Å². The lowest BCUT2D eigenvalue weighted by atomic mass is 10.2. The van der Waals surface area contributed by atoms with Gasteiger partial charge in [-0.05, 0) is 55.3 Å². The van der Waals surface area contributed by atoms with Crippen LogP contribution < -0.4 is 10.1 Å². The third kappa shape index (κ3) is 5.90. The van der Waals surface area contributed by atoms with Gasteiger partial charge in [-0.1, -0.05) is 23.2 Å².